The van der Waals surface area contributed by atoms with Crippen LogP contribution in [0.25, 0.3) is 0 Å². The Bertz CT molecular complexity index is 1290. The summed E-state index contributed by atoms with van der Waals surface area (Å²) < 4.78 is 56.7. The fourth-order valence-corrected chi connectivity index (χ4v) is 4.08. The van der Waals surface area contributed by atoms with Crippen LogP contribution < -0.4 is 10.6 Å². The molecule has 0 fully saturated rings. The van der Waals surface area contributed by atoms with Crippen LogP contribution in [0.1, 0.15) is 79.2 Å². The van der Waals surface area contributed by atoms with E-state index in [-0.39, 0.29) is 0 Å². The molecule has 11 heteroatoms. The van der Waals surface area contributed by atoms with Gasteiger partial charge in [-0.1, -0.05) is 38.5 Å². The second kappa shape index (κ2) is 12.8. The highest BCUT2D eigenvalue weighted by molar-refractivity contribution is 5.97. The molecule has 2 amide bonds. The summed E-state index contributed by atoms with van der Waals surface area (Å²) in [6.07, 6.45) is -0.866. The van der Waals surface area contributed by atoms with Crippen molar-refractivity contribution in [2.24, 2.45) is 0 Å². The maximum absolute atomic E-state index is 14.4. The number of benzene rings is 1. The van der Waals surface area contributed by atoms with Gasteiger partial charge in [-0.15, -0.1) is 0 Å². The van der Waals surface area contributed by atoms with Gasteiger partial charge in [0.15, 0.2) is 17.7 Å². The summed E-state index contributed by atoms with van der Waals surface area (Å²) in [5, 5.41) is 19.9. The minimum atomic E-state index is -2.03. The molecular formula is C29H38F4N4O3. The number of alkyl halides is 1. The fourth-order valence-electron chi connectivity index (χ4n) is 4.08. The predicted octanol–water partition coefficient (Wildman–Crippen LogP) is 5.92. The van der Waals surface area contributed by atoms with Crippen molar-refractivity contribution in [1.82, 2.24) is 15.1 Å². The van der Waals surface area contributed by atoms with Crippen molar-refractivity contribution >= 4 is 17.6 Å². The van der Waals surface area contributed by atoms with Crippen LogP contribution >= 0.6 is 0 Å². The highest BCUT2D eigenvalue weighted by Crippen LogP contribution is 2.36. The molecule has 3 N–H and O–H groups in total. The highest BCUT2D eigenvalue weighted by Gasteiger charge is 2.32. The van der Waals surface area contributed by atoms with Crippen molar-refractivity contribution in [3.63, 3.8) is 0 Å². The van der Waals surface area contributed by atoms with Crippen LogP contribution in [-0.4, -0.2) is 38.9 Å². The maximum atomic E-state index is 14.4. The van der Waals surface area contributed by atoms with E-state index in [1.807, 2.05) is 41.5 Å². The lowest BCUT2D eigenvalue weighted by atomic mass is 9.79. The fraction of sp³-hybridized carbons (Fsp3) is 0.483. The van der Waals surface area contributed by atoms with Gasteiger partial charge in [0.05, 0.1) is 11.2 Å². The molecule has 0 spiro atoms. The van der Waals surface area contributed by atoms with Crippen LogP contribution in [0.5, 0.6) is 0 Å². The maximum Gasteiger partial charge on any atom is 0.254 e. The Morgan fingerprint density at radius 2 is 1.75 bits per heavy atom. The molecule has 1 heterocycles. The first-order chi connectivity index (χ1) is 18.4. The third-order valence-corrected chi connectivity index (χ3v) is 6.40. The zero-order chi connectivity index (χ0) is 30.6. The Hall–Kier alpha value is -3.47. The van der Waals surface area contributed by atoms with Crippen molar-refractivity contribution in [1.29, 1.82) is 0 Å². The van der Waals surface area contributed by atoms with Crippen molar-refractivity contribution in [3.05, 3.63) is 70.7 Å². The molecule has 220 valence electrons. The van der Waals surface area contributed by atoms with Crippen LogP contribution in [-0.2, 0) is 20.5 Å². The third kappa shape index (κ3) is 7.80. The van der Waals surface area contributed by atoms with Crippen molar-refractivity contribution in [3.8, 4) is 0 Å². The molecule has 1 aromatic carbocycles. The molecule has 1 aromatic heterocycles. The number of hydrogen-bond donors (Lipinski definition) is 3. The van der Waals surface area contributed by atoms with E-state index in [9.17, 15) is 32.3 Å². The summed E-state index contributed by atoms with van der Waals surface area (Å²) in [7, 11) is 0. The summed E-state index contributed by atoms with van der Waals surface area (Å²) in [4.78, 5) is 25.5. The zero-order valence-electron chi connectivity index (χ0n) is 24.1. The quantitative estimate of drug-likeness (QED) is 0.246. The second-order valence-electron chi connectivity index (χ2n) is 11.1. The van der Waals surface area contributed by atoms with Crippen LogP contribution in [0.3, 0.4) is 0 Å². The number of amides is 2. The van der Waals surface area contributed by atoms with Gasteiger partial charge >= 0.3 is 0 Å². The molecule has 0 saturated carbocycles. The molecule has 7 nitrogen and oxygen atoms in total. The summed E-state index contributed by atoms with van der Waals surface area (Å²) in [6, 6.07) is 3.53. The lowest BCUT2D eigenvalue weighted by Crippen LogP contribution is -2.44. The normalized spacial score (nSPS) is 15.4. The summed E-state index contributed by atoms with van der Waals surface area (Å²) >= 11 is 0. The van der Waals surface area contributed by atoms with Gasteiger partial charge in [-0.2, -0.15) is 5.10 Å². The van der Waals surface area contributed by atoms with Crippen molar-refractivity contribution in [2.75, 3.05) is 5.32 Å². The Kier molecular flexibility index (Phi) is 10.5. The van der Waals surface area contributed by atoms with Crippen molar-refractivity contribution < 1.29 is 32.3 Å². The number of carbonyl (C=O) groups excluding carboxylic acids is 2. The van der Waals surface area contributed by atoms with Crippen LogP contribution in [0.4, 0.5) is 23.4 Å². The van der Waals surface area contributed by atoms with Crippen LogP contribution in [0.2, 0.25) is 0 Å². The number of aliphatic hydroxyl groups is 1. The smallest absolute Gasteiger partial charge is 0.254 e. The first-order valence-corrected chi connectivity index (χ1v) is 13.0. The van der Waals surface area contributed by atoms with E-state index in [1.165, 1.54) is 19.9 Å². The largest absolute Gasteiger partial charge is 0.378 e. The number of anilines is 1. The molecule has 2 aromatic rings. The first-order valence-electron chi connectivity index (χ1n) is 13.0. The number of carbonyl (C=O) groups is 2. The van der Waals surface area contributed by atoms with Gasteiger partial charge in [0.2, 0.25) is 5.91 Å². The second-order valence-corrected chi connectivity index (χ2v) is 11.1. The SMILES string of the molecule is CC/C(=C\C(F)=C/C(C)F)C(C)(C)c1cc(NC(=O)[C@H](C)NC(=O)[C@@H](O)c2cccc(F)c2F)n(C(C)(C)C)n1. The molecule has 0 radical (unpaired) electrons. The lowest BCUT2D eigenvalue weighted by Gasteiger charge is -2.26. The summed E-state index contributed by atoms with van der Waals surface area (Å²) in [5.41, 5.74) is -0.790. The molecular weight excluding hydrogens is 528 g/mol. The van der Waals surface area contributed by atoms with Gasteiger partial charge in [-0.05, 0) is 59.3 Å². The number of hydrogen-bond acceptors (Lipinski definition) is 4. The van der Waals surface area contributed by atoms with E-state index < -0.39 is 64.1 Å². The number of aromatic nitrogens is 2. The number of aliphatic hydroxyl groups excluding tert-OH is 1. The first kappa shape index (κ1) is 32.7. The van der Waals surface area contributed by atoms with E-state index in [0.29, 0.717) is 23.5 Å². The van der Waals surface area contributed by atoms with E-state index in [4.69, 9.17) is 0 Å². The molecule has 2 rings (SSSR count). The van der Waals surface area contributed by atoms with E-state index in [2.05, 4.69) is 15.7 Å². The molecule has 3 atom stereocenters. The third-order valence-electron chi connectivity index (χ3n) is 6.40. The van der Waals surface area contributed by atoms with Gasteiger partial charge in [-0.25, -0.2) is 22.2 Å². The molecule has 40 heavy (non-hydrogen) atoms. The number of nitrogens with zero attached hydrogens (tertiary/aromatic N) is 2. The molecule has 1 unspecified atom stereocenters. The van der Waals surface area contributed by atoms with E-state index in [1.54, 1.807) is 10.7 Å². The van der Waals surface area contributed by atoms with Crippen LogP contribution in [0, 0.1) is 11.6 Å². The zero-order valence-corrected chi connectivity index (χ0v) is 24.1. The minimum absolute atomic E-state index is 0.294. The number of allylic oxidation sites excluding steroid dienone is 4. The number of halogens is 4. The Morgan fingerprint density at radius 1 is 1.12 bits per heavy atom. The van der Waals surface area contributed by atoms with E-state index >= 15 is 0 Å². The summed E-state index contributed by atoms with van der Waals surface area (Å²) in [5.74, 6) is -4.74. The minimum Gasteiger partial charge on any atom is -0.378 e. The Morgan fingerprint density at radius 3 is 2.30 bits per heavy atom. The topological polar surface area (TPSA) is 96.3 Å². The number of rotatable bonds is 10. The van der Waals surface area contributed by atoms with Crippen LogP contribution in [0.15, 0.2) is 47.8 Å². The lowest BCUT2D eigenvalue weighted by molar-refractivity contribution is -0.132. The average molecular weight is 567 g/mol. The molecule has 0 bridgehead atoms. The average Bonchev–Trinajstić information content (AvgIpc) is 3.28. The summed E-state index contributed by atoms with van der Waals surface area (Å²) in [6.45, 7) is 13.7. The molecule has 0 aliphatic rings. The van der Waals surface area contributed by atoms with Gasteiger partial charge in [-0.3, -0.25) is 9.59 Å². The Balaban J connectivity index is 2.33. The van der Waals surface area contributed by atoms with Gasteiger partial charge < -0.3 is 15.7 Å². The Labute approximate surface area is 232 Å². The molecule has 0 saturated heterocycles. The van der Waals surface area contributed by atoms with Gasteiger partial charge in [0.1, 0.15) is 23.9 Å². The van der Waals surface area contributed by atoms with Gasteiger partial charge in [0.25, 0.3) is 5.91 Å². The standard InChI is InChI=1S/C29H38F4N4O3/c1-9-18(14-19(31)13-16(2)30)29(7,8)22-15-23(37(36-22)28(4,5)6)35-26(39)17(3)34-27(40)25(38)20-11-10-12-21(32)24(20)33/h10-17,25,38H,9H2,1-8H3,(H,34,40)(H,35,39)/b18-14+,19-13+/t16?,17-,25-/m0/s1. The van der Waals surface area contributed by atoms with Gasteiger partial charge in [0, 0.05) is 17.0 Å². The number of nitrogens with one attached hydrogen (secondary N) is 2. The molecule has 0 aliphatic carbocycles. The highest BCUT2D eigenvalue weighted by atomic mass is 19.2. The molecule has 0 aliphatic heterocycles. The monoisotopic (exact) mass is 566 g/mol. The van der Waals surface area contributed by atoms with Crippen molar-refractivity contribution in [2.45, 2.75) is 91.1 Å². The predicted molar refractivity (Wildman–Crippen MR) is 146 cm³/mol. The van der Waals surface area contributed by atoms with E-state index in [0.717, 1.165) is 24.3 Å².